The second-order valence-corrected chi connectivity index (χ2v) is 3.63. The number of pyridine rings is 1. The van der Waals surface area contributed by atoms with Crippen LogP contribution in [0, 0.1) is 0 Å². The van der Waals surface area contributed by atoms with Crippen LogP contribution in [-0.2, 0) is 9.53 Å². The molecular weight excluding hydrogens is 218 g/mol. The van der Waals surface area contributed by atoms with Gasteiger partial charge >= 0.3 is 5.97 Å². The lowest BCUT2D eigenvalue weighted by Crippen LogP contribution is -2.25. The molecule has 1 aromatic carbocycles. The van der Waals surface area contributed by atoms with E-state index in [1.807, 2.05) is 30.3 Å². The van der Waals surface area contributed by atoms with Crippen molar-refractivity contribution in [3.63, 3.8) is 0 Å². The normalized spacial score (nSPS) is 12.1. The Hall–Kier alpha value is -2.10. The first-order valence-electron chi connectivity index (χ1n) is 5.31. The van der Waals surface area contributed by atoms with Gasteiger partial charge in [-0.15, -0.1) is 0 Å². The van der Waals surface area contributed by atoms with E-state index in [-0.39, 0.29) is 0 Å². The quantitative estimate of drug-likeness (QED) is 0.759. The van der Waals surface area contributed by atoms with Gasteiger partial charge in [-0.25, -0.2) is 9.78 Å². The number of fused-ring (bicyclic) bond motifs is 1. The summed E-state index contributed by atoms with van der Waals surface area (Å²) in [6.07, 6.45) is -0.659. The first-order valence-corrected chi connectivity index (χ1v) is 5.31. The summed E-state index contributed by atoms with van der Waals surface area (Å²) in [4.78, 5) is 15.5. The fraction of sp³-hybridized carbons (Fsp3) is 0.231. The predicted molar refractivity (Wildman–Crippen MR) is 63.8 cm³/mol. The van der Waals surface area contributed by atoms with Gasteiger partial charge in [0.25, 0.3) is 0 Å². The summed E-state index contributed by atoms with van der Waals surface area (Å²) < 4.78 is 9.97. The molecule has 0 aliphatic carbocycles. The highest BCUT2D eigenvalue weighted by Crippen LogP contribution is 2.17. The molecule has 0 unspecified atom stereocenters. The van der Waals surface area contributed by atoms with Crippen molar-refractivity contribution in [2.45, 2.75) is 13.0 Å². The van der Waals surface area contributed by atoms with Gasteiger partial charge in [-0.2, -0.15) is 0 Å². The number of rotatable bonds is 3. The molecule has 0 spiro atoms. The van der Waals surface area contributed by atoms with Crippen molar-refractivity contribution in [1.29, 1.82) is 0 Å². The van der Waals surface area contributed by atoms with Crippen LogP contribution in [0.15, 0.2) is 36.4 Å². The second kappa shape index (κ2) is 4.82. The molecule has 0 amide bonds. The smallest absolute Gasteiger partial charge is 0.346 e. The fourth-order valence-corrected chi connectivity index (χ4v) is 1.51. The van der Waals surface area contributed by atoms with Crippen LogP contribution in [0.25, 0.3) is 10.9 Å². The number of nitrogens with zero attached hydrogens (tertiary/aromatic N) is 1. The van der Waals surface area contributed by atoms with Crippen LogP contribution in [0.5, 0.6) is 5.88 Å². The van der Waals surface area contributed by atoms with Crippen LogP contribution in [0.4, 0.5) is 0 Å². The molecule has 2 aromatic rings. The highest BCUT2D eigenvalue weighted by atomic mass is 16.6. The first kappa shape index (κ1) is 11.4. The maximum atomic E-state index is 11.2. The number of ether oxygens (including phenoxy) is 2. The van der Waals surface area contributed by atoms with E-state index in [0.717, 1.165) is 10.9 Å². The molecule has 0 N–H and O–H groups in total. The third kappa shape index (κ3) is 2.53. The van der Waals surface area contributed by atoms with E-state index in [9.17, 15) is 4.79 Å². The molecule has 4 heteroatoms. The van der Waals surface area contributed by atoms with Crippen molar-refractivity contribution < 1.29 is 14.3 Å². The van der Waals surface area contributed by atoms with E-state index in [1.54, 1.807) is 13.0 Å². The van der Waals surface area contributed by atoms with Crippen molar-refractivity contribution in [1.82, 2.24) is 4.98 Å². The number of esters is 1. The van der Waals surface area contributed by atoms with Crippen LogP contribution in [0.1, 0.15) is 6.92 Å². The number of para-hydroxylation sites is 1. The molecule has 0 aliphatic rings. The number of carbonyl (C=O) groups is 1. The minimum Gasteiger partial charge on any atom is -0.466 e. The van der Waals surface area contributed by atoms with E-state index >= 15 is 0 Å². The van der Waals surface area contributed by atoms with Crippen LogP contribution in [0.3, 0.4) is 0 Å². The summed E-state index contributed by atoms with van der Waals surface area (Å²) in [7, 11) is 1.33. The number of hydrogen-bond acceptors (Lipinski definition) is 4. The largest absolute Gasteiger partial charge is 0.466 e. The second-order valence-electron chi connectivity index (χ2n) is 3.63. The summed E-state index contributed by atoms with van der Waals surface area (Å²) in [5.41, 5.74) is 0.835. The molecule has 0 saturated heterocycles. The molecule has 4 nitrogen and oxygen atoms in total. The Labute approximate surface area is 99.2 Å². The Morgan fingerprint density at radius 2 is 2.00 bits per heavy atom. The molecule has 0 saturated carbocycles. The van der Waals surface area contributed by atoms with Gasteiger partial charge in [-0.3, -0.25) is 0 Å². The van der Waals surface area contributed by atoms with Crippen molar-refractivity contribution in [3.8, 4) is 5.88 Å². The van der Waals surface area contributed by atoms with Crippen molar-refractivity contribution in [2.24, 2.45) is 0 Å². The molecular formula is C13H13NO3. The lowest BCUT2D eigenvalue weighted by atomic mass is 10.2. The van der Waals surface area contributed by atoms with Crippen LogP contribution in [0.2, 0.25) is 0 Å². The van der Waals surface area contributed by atoms with Gasteiger partial charge in [0.1, 0.15) is 0 Å². The van der Waals surface area contributed by atoms with E-state index in [2.05, 4.69) is 9.72 Å². The van der Waals surface area contributed by atoms with Crippen molar-refractivity contribution in [2.75, 3.05) is 7.11 Å². The number of aromatic nitrogens is 1. The molecule has 88 valence electrons. The van der Waals surface area contributed by atoms with Gasteiger partial charge in [0.05, 0.1) is 12.6 Å². The van der Waals surface area contributed by atoms with Crippen LogP contribution in [-0.4, -0.2) is 24.2 Å². The summed E-state index contributed by atoms with van der Waals surface area (Å²) in [5, 5.41) is 1.03. The number of carbonyl (C=O) groups excluding carboxylic acids is 1. The minimum atomic E-state index is -0.659. The van der Waals surface area contributed by atoms with Gasteiger partial charge < -0.3 is 9.47 Å². The topological polar surface area (TPSA) is 48.4 Å². The highest BCUT2D eigenvalue weighted by Gasteiger charge is 2.15. The summed E-state index contributed by atoms with van der Waals surface area (Å²) in [6.45, 7) is 1.63. The molecule has 0 fully saturated rings. The first-order chi connectivity index (χ1) is 8.20. The van der Waals surface area contributed by atoms with Gasteiger partial charge in [0, 0.05) is 11.5 Å². The van der Waals surface area contributed by atoms with Crippen LogP contribution >= 0.6 is 0 Å². The zero-order valence-corrected chi connectivity index (χ0v) is 9.71. The van der Waals surface area contributed by atoms with E-state index in [0.29, 0.717) is 5.88 Å². The zero-order valence-electron chi connectivity index (χ0n) is 9.71. The standard InChI is InChI=1S/C13H13NO3/c1-9(13(15)16-2)17-12-8-7-10-5-3-4-6-11(10)14-12/h3-9H,1-2H3/t9-/m0/s1. The molecule has 1 heterocycles. The number of benzene rings is 1. The van der Waals surface area contributed by atoms with Gasteiger partial charge in [-0.05, 0) is 19.1 Å². The molecule has 0 bridgehead atoms. The Kier molecular flexibility index (Phi) is 3.23. The van der Waals surface area contributed by atoms with Gasteiger partial charge in [0.15, 0.2) is 6.10 Å². The molecule has 2 rings (SSSR count). The monoisotopic (exact) mass is 231 g/mol. The summed E-state index contributed by atoms with van der Waals surface area (Å²) in [6, 6.07) is 11.4. The number of methoxy groups -OCH3 is 1. The summed E-state index contributed by atoms with van der Waals surface area (Å²) >= 11 is 0. The van der Waals surface area contributed by atoms with Crippen molar-refractivity contribution in [3.05, 3.63) is 36.4 Å². The molecule has 17 heavy (non-hydrogen) atoms. The molecule has 0 radical (unpaired) electrons. The minimum absolute atomic E-state index is 0.417. The SMILES string of the molecule is COC(=O)[C@H](C)Oc1ccc2ccccc2n1. The number of hydrogen-bond donors (Lipinski definition) is 0. The maximum Gasteiger partial charge on any atom is 0.346 e. The van der Waals surface area contributed by atoms with Gasteiger partial charge in [-0.1, -0.05) is 18.2 Å². The molecule has 0 aliphatic heterocycles. The zero-order chi connectivity index (χ0) is 12.3. The maximum absolute atomic E-state index is 11.2. The Morgan fingerprint density at radius 3 is 2.76 bits per heavy atom. The van der Waals surface area contributed by atoms with Gasteiger partial charge in [0.2, 0.25) is 5.88 Å². The third-order valence-electron chi connectivity index (χ3n) is 2.40. The lowest BCUT2D eigenvalue weighted by molar-refractivity contribution is -0.148. The van der Waals surface area contributed by atoms with Crippen LogP contribution < -0.4 is 4.74 Å². The Morgan fingerprint density at radius 1 is 1.24 bits per heavy atom. The van der Waals surface area contributed by atoms with Crippen molar-refractivity contribution >= 4 is 16.9 Å². The average molecular weight is 231 g/mol. The molecule has 1 aromatic heterocycles. The third-order valence-corrected chi connectivity index (χ3v) is 2.40. The van der Waals surface area contributed by atoms with E-state index in [4.69, 9.17) is 4.74 Å². The van der Waals surface area contributed by atoms with E-state index in [1.165, 1.54) is 7.11 Å². The predicted octanol–water partition coefficient (Wildman–Crippen LogP) is 2.18. The lowest BCUT2D eigenvalue weighted by Gasteiger charge is -2.11. The Bertz CT molecular complexity index is 539. The Balaban J connectivity index is 2.22. The highest BCUT2D eigenvalue weighted by molar-refractivity contribution is 5.79. The van der Waals surface area contributed by atoms with E-state index < -0.39 is 12.1 Å². The average Bonchev–Trinajstić information content (AvgIpc) is 2.37. The fourth-order valence-electron chi connectivity index (χ4n) is 1.51. The summed E-state index contributed by atoms with van der Waals surface area (Å²) in [5.74, 6) is 0.00144. The molecule has 1 atom stereocenters.